The summed E-state index contributed by atoms with van der Waals surface area (Å²) < 4.78 is 0. The van der Waals surface area contributed by atoms with Crippen molar-refractivity contribution in [3.63, 3.8) is 0 Å². The molecule has 0 aliphatic carbocycles. The molecule has 0 aliphatic heterocycles. The van der Waals surface area contributed by atoms with Gasteiger partial charge < -0.3 is 10.2 Å². The molecule has 0 heterocycles. The maximum Gasteiger partial charge on any atom is 0.0563 e. The van der Waals surface area contributed by atoms with Crippen molar-refractivity contribution >= 4 is 0 Å². The van der Waals surface area contributed by atoms with Crippen LogP contribution in [0.4, 0.5) is 0 Å². The van der Waals surface area contributed by atoms with Crippen LogP contribution < -0.4 is 0 Å². The highest BCUT2D eigenvalue weighted by Crippen LogP contribution is 1.93. The molecule has 0 aromatic rings. The zero-order valence-electron chi connectivity index (χ0n) is 8.22. The van der Waals surface area contributed by atoms with Crippen LogP contribution in [-0.2, 0) is 0 Å². The van der Waals surface area contributed by atoms with Crippen LogP contribution >= 0.6 is 0 Å². The molecule has 0 amide bonds. The van der Waals surface area contributed by atoms with Gasteiger partial charge in [0.15, 0.2) is 0 Å². The number of aliphatic hydroxyl groups is 2. The second-order valence-electron chi connectivity index (χ2n) is 3.60. The fourth-order valence-electron chi connectivity index (χ4n) is 0.362. The first-order valence-corrected chi connectivity index (χ1v) is 4.25. The Morgan fingerprint density at radius 1 is 1.09 bits per heavy atom. The van der Waals surface area contributed by atoms with Crippen molar-refractivity contribution in [2.75, 3.05) is 6.61 Å². The second kappa shape index (κ2) is 8.02. The Bertz CT molecular complexity index is 54.5. The summed E-state index contributed by atoms with van der Waals surface area (Å²) in [5.41, 5.74) is -0.500. The van der Waals surface area contributed by atoms with Crippen molar-refractivity contribution in [3.8, 4) is 0 Å². The largest absolute Gasteiger partial charge is 0.396 e. The molecule has 2 N–H and O–H groups in total. The first-order valence-electron chi connectivity index (χ1n) is 4.25. The summed E-state index contributed by atoms with van der Waals surface area (Å²) in [7, 11) is 0. The van der Waals surface area contributed by atoms with Gasteiger partial charge in [-0.3, -0.25) is 0 Å². The highest BCUT2D eigenvalue weighted by Gasteiger charge is 1.97. The van der Waals surface area contributed by atoms with Gasteiger partial charge in [0.05, 0.1) is 5.60 Å². The first kappa shape index (κ1) is 13.5. The van der Waals surface area contributed by atoms with E-state index in [-0.39, 0.29) is 0 Å². The van der Waals surface area contributed by atoms with Gasteiger partial charge in [-0.05, 0) is 27.2 Å². The van der Waals surface area contributed by atoms with E-state index in [0.29, 0.717) is 6.61 Å². The van der Waals surface area contributed by atoms with Crippen molar-refractivity contribution in [2.45, 2.75) is 52.6 Å². The van der Waals surface area contributed by atoms with E-state index in [1.807, 2.05) is 0 Å². The van der Waals surface area contributed by atoms with Crippen molar-refractivity contribution < 1.29 is 10.2 Å². The number of unbranched alkanes of at least 4 members (excludes halogenated alkanes) is 2. The van der Waals surface area contributed by atoms with E-state index in [0.717, 1.165) is 12.8 Å². The fourth-order valence-corrected chi connectivity index (χ4v) is 0.362. The second-order valence-corrected chi connectivity index (χ2v) is 3.60. The van der Waals surface area contributed by atoms with Gasteiger partial charge in [-0.25, -0.2) is 0 Å². The zero-order chi connectivity index (χ0) is 9.33. The minimum Gasteiger partial charge on any atom is -0.396 e. The molecule has 2 nitrogen and oxygen atoms in total. The third kappa shape index (κ3) is 73.0. The number of hydrogen-bond acceptors (Lipinski definition) is 2. The fraction of sp³-hybridized carbons (Fsp3) is 1.00. The SMILES string of the molecule is CC(C)(C)O.CCCCCO. The summed E-state index contributed by atoms with van der Waals surface area (Å²) in [4.78, 5) is 0. The van der Waals surface area contributed by atoms with Crippen LogP contribution in [0.15, 0.2) is 0 Å². The Labute approximate surface area is 70.3 Å². The molecular weight excluding hydrogens is 140 g/mol. The molecule has 0 rings (SSSR count). The summed E-state index contributed by atoms with van der Waals surface area (Å²) >= 11 is 0. The van der Waals surface area contributed by atoms with Gasteiger partial charge in [-0.2, -0.15) is 0 Å². The highest BCUT2D eigenvalue weighted by molar-refractivity contribution is 4.50. The Hall–Kier alpha value is -0.0800. The van der Waals surface area contributed by atoms with Crippen LogP contribution in [0.1, 0.15) is 47.0 Å². The zero-order valence-corrected chi connectivity index (χ0v) is 8.22. The van der Waals surface area contributed by atoms with Gasteiger partial charge in [0.2, 0.25) is 0 Å². The predicted molar refractivity (Wildman–Crippen MR) is 48.6 cm³/mol. The lowest BCUT2D eigenvalue weighted by molar-refractivity contribution is 0.102. The molecular formula is C9H22O2. The van der Waals surface area contributed by atoms with Crippen molar-refractivity contribution in [2.24, 2.45) is 0 Å². The van der Waals surface area contributed by atoms with E-state index in [2.05, 4.69) is 6.92 Å². The average Bonchev–Trinajstić information content (AvgIpc) is 1.79. The normalized spacial score (nSPS) is 10.4. The van der Waals surface area contributed by atoms with E-state index >= 15 is 0 Å². The van der Waals surface area contributed by atoms with Gasteiger partial charge in [-0.1, -0.05) is 19.8 Å². The monoisotopic (exact) mass is 162 g/mol. The Morgan fingerprint density at radius 2 is 1.45 bits per heavy atom. The molecule has 0 aromatic carbocycles. The summed E-state index contributed by atoms with van der Waals surface area (Å²) in [5.74, 6) is 0. The minimum atomic E-state index is -0.500. The average molecular weight is 162 g/mol. The van der Waals surface area contributed by atoms with Crippen LogP contribution in [0.25, 0.3) is 0 Å². The summed E-state index contributed by atoms with van der Waals surface area (Å²) in [6.07, 6.45) is 3.33. The van der Waals surface area contributed by atoms with E-state index in [9.17, 15) is 0 Å². The molecule has 0 atom stereocenters. The molecule has 2 heteroatoms. The van der Waals surface area contributed by atoms with Gasteiger partial charge >= 0.3 is 0 Å². The Balaban J connectivity index is 0. The summed E-state index contributed by atoms with van der Waals surface area (Å²) in [5, 5.41) is 16.7. The van der Waals surface area contributed by atoms with Gasteiger partial charge in [-0.15, -0.1) is 0 Å². The smallest absolute Gasteiger partial charge is 0.0563 e. The van der Waals surface area contributed by atoms with Gasteiger partial charge in [0.1, 0.15) is 0 Å². The molecule has 0 aliphatic rings. The number of rotatable bonds is 3. The van der Waals surface area contributed by atoms with Gasteiger partial charge in [0, 0.05) is 6.61 Å². The predicted octanol–water partition coefficient (Wildman–Crippen LogP) is 1.95. The van der Waals surface area contributed by atoms with Crippen LogP contribution in [0.5, 0.6) is 0 Å². The lowest BCUT2D eigenvalue weighted by Crippen LogP contribution is -2.10. The van der Waals surface area contributed by atoms with Crippen LogP contribution in [-0.4, -0.2) is 22.4 Å². The number of hydrogen-bond donors (Lipinski definition) is 2. The van der Waals surface area contributed by atoms with E-state index < -0.39 is 5.60 Å². The quantitative estimate of drug-likeness (QED) is 0.623. The molecule has 0 radical (unpaired) electrons. The van der Waals surface area contributed by atoms with E-state index in [4.69, 9.17) is 10.2 Å². The molecule has 0 fully saturated rings. The summed E-state index contributed by atoms with van der Waals surface area (Å²) in [6.45, 7) is 7.70. The third-order valence-corrected chi connectivity index (χ3v) is 0.762. The number of aliphatic hydroxyl groups excluding tert-OH is 1. The standard InChI is InChI=1S/C5H12O.C4H10O/c1-2-3-4-5-6;1-4(2,3)5/h6H,2-5H2,1H3;5H,1-3H3. The van der Waals surface area contributed by atoms with Crippen molar-refractivity contribution in [1.29, 1.82) is 0 Å². The van der Waals surface area contributed by atoms with Gasteiger partial charge in [0.25, 0.3) is 0 Å². The Morgan fingerprint density at radius 3 is 1.55 bits per heavy atom. The third-order valence-electron chi connectivity index (χ3n) is 0.762. The maximum atomic E-state index is 8.52. The van der Waals surface area contributed by atoms with Crippen molar-refractivity contribution in [3.05, 3.63) is 0 Å². The molecule has 0 saturated heterocycles. The minimum absolute atomic E-state index is 0.355. The Kier molecular flexibility index (Phi) is 9.85. The van der Waals surface area contributed by atoms with Crippen LogP contribution in [0.3, 0.4) is 0 Å². The molecule has 0 bridgehead atoms. The molecule has 0 aromatic heterocycles. The van der Waals surface area contributed by atoms with Crippen LogP contribution in [0.2, 0.25) is 0 Å². The topological polar surface area (TPSA) is 40.5 Å². The molecule has 0 saturated carbocycles. The first-order chi connectivity index (χ1) is 4.91. The van der Waals surface area contributed by atoms with Crippen LogP contribution in [0, 0.1) is 0 Å². The molecule has 0 unspecified atom stereocenters. The summed E-state index contributed by atoms with van der Waals surface area (Å²) in [6, 6.07) is 0. The molecule has 0 spiro atoms. The lowest BCUT2D eigenvalue weighted by atomic mass is 10.2. The molecule has 70 valence electrons. The van der Waals surface area contributed by atoms with E-state index in [1.165, 1.54) is 6.42 Å². The van der Waals surface area contributed by atoms with Crippen molar-refractivity contribution in [1.82, 2.24) is 0 Å². The highest BCUT2D eigenvalue weighted by atomic mass is 16.3. The molecule has 11 heavy (non-hydrogen) atoms. The van der Waals surface area contributed by atoms with E-state index in [1.54, 1.807) is 20.8 Å². The lowest BCUT2D eigenvalue weighted by Gasteiger charge is -2.04. The maximum absolute atomic E-state index is 8.52.